The van der Waals surface area contributed by atoms with Crippen LogP contribution in [0, 0.1) is 5.92 Å². The number of piperidine rings is 1. The highest BCUT2D eigenvalue weighted by Crippen LogP contribution is 2.25. The molecule has 2 rings (SSSR count). The number of aromatic nitrogens is 2. The van der Waals surface area contributed by atoms with E-state index in [4.69, 9.17) is 0 Å². The monoisotopic (exact) mass is 328 g/mol. The molecule has 0 saturated carbocycles. The number of aryl methyl sites for hydroxylation is 2. The smallest absolute Gasteiger partial charge is 0.0767 e. The largest absolute Gasteiger partial charge is 0.319 e. The zero-order valence-corrected chi connectivity index (χ0v) is 13.8. The molecule has 1 aromatic rings. The van der Waals surface area contributed by atoms with E-state index < -0.39 is 0 Å². The van der Waals surface area contributed by atoms with Crippen LogP contribution in [0.1, 0.15) is 31.2 Å². The fraction of sp³-hybridized carbons (Fsp3) is 0.786. The molecule has 19 heavy (non-hydrogen) atoms. The Morgan fingerprint density at radius 2 is 2.05 bits per heavy atom. The van der Waals surface area contributed by atoms with Gasteiger partial charge >= 0.3 is 0 Å². The minimum absolute atomic E-state index is 0.849. The maximum Gasteiger partial charge on any atom is 0.0767 e. The van der Waals surface area contributed by atoms with Gasteiger partial charge in [0, 0.05) is 13.6 Å². The van der Waals surface area contributed by atoms with Crippen LogP contribution in [-0.2, 0) is 20.0 Å². The van der Waals surface area contributed by atoms with Gasteiger partial charge in [0.05, 0.1) is 15.9 Å². The molecule has 4 nitrogen and oxygen atoms in total. The second-order valence-corrected chi connectivity index (χ2v) is 6.25. The Morgan fingerprint density at radius 1 is 1.37 bits per heavy atom. The second kappa shape index (κ2) is 6.86. The van der Waals surface area contributed by atoms with Crippen molar-refractivity contribution in [3.63, 3.8) is 0 Å². The van der Waals surface area contributed by atoms with Crippen molar-refractivity contribution in [1.29, 1.82) is 0 Å². The molecule has 1 aromatic heterocycles. The number of likely N-dealkylation sites (tertiary alicyclic amines) is 1. The van der Waals surface area contributed by atoms with E-state index in [1.165, 1.54) is 41.8 Å². The maximum absolute atomic E-state index is 4.57. The Kier molecular flexibility index (Phi) is 5.42. The molecule has 0 aliphatic carbocycles. The average molecular weight is 329 g/mol. The molecule has 0 amide bonds. The van der Waals surface area contributed by atoms with Gasteiger partial charge in [0.2, 0.25) is 0 Å². The summed E-state index contributed by atoms with van der Waals surface area (Å²) >= 11 is 3.71. The van der Waals surface area contributed by atoms with Crippen LogP contribution in [0.3, 0.4) is 0 Å². The molecule has 0 spiro atoms. The van der Waals surface area contributed by atoms with Crippen LogP contribution in [0.25, 0.3) is 0 Å². The van der Waals surface area contributed by atoms with Gasteiger partial charge in [-0.05, 0) is 67.8 Å². The van der Waals surface area contributed by atoms with Gasteiger partial charge in [-0.15, -0.1) is 0 Å². The van der Waals surface area contributed by atoms with Gasteiger partial charge in [0.15, 0.2) is 0 Å². The summed E-state index contributed by atoms with van der Waals surface area (Å²) < 4.78 is 3.23. The molecule has 1 aliphatic heterocycles. The molecule has 1 fully saturated rings. The number of rotatable bonds is 5. The molecule has 0 aromatic carbocycles. The van der Waals surface area contributed by atoms with Gasteiger partial charge in [0.1, 0.15) is 0 Å². The van der Waals surface area contributed by atoms with Crippen molar-refractivity contribution in [1.82, 2.24) is 20.0 Å². The van der Waals surface area contributed by atoms with Crippen molar-refractivity contribution in [2.75, 3.05) is 26.7 Å². The molecule has 0 radical (unpaired) electrons. The fourth-order valence-electron chi connectivity index (χ4n) is 2.84. The highest BCUT2D eigenvalue weighted by atomic mass is 79.9. The summed E-state index contributed by atoms with van der Waals surface area (Å²) in [4.78, 5) is 2.55. The summed E-state index contributed by atoms with van der Waals surface area (Å²) in [5.74, 6) is 0.849. The summed E-state index contributed by atoms with van der Waals surface area (Å²) in [5, 5.41) is 7.86. The van der Waals surface area contributed by atoms with Crippen molar-refractivity contribution < 1.29 is 0 Å². The number of halogens is 1. The van der Waals surface area contributed by atoms with Crippen molar-refractivity contribution in [2.24, 2.45) is 13.0 Å². The minimum Gasteiger partial charge on any atom is -0.319 e. The van der Waals surface area contributed by atoms with Crippen molar-refractivity contribution in [3.8, 4) is 0 Å². The van der Waals surface area contributed by atoms with E-state index in [2.05, 4.69) is 38.2 Å². The highest BCUT2D eigenvalue weighted by Gasteiger charge is 2.21. The Balaban J connectivity index is 1.94. The molecule has 0 unspecified atom stereocenters. The molecule has 1 saturated heterocycles. The Hall–Kier alpha value is -0.390. The van der Waals surface area contributed by atoms with Crippen LogP contribution in [0.5, 0.6) is 0 Å². The summed E-state index contributed by atoms with van der Waals surface area (Å²) in [6.07, 6.45) is 3.59. The molecule has 0 bridgehead atoms. The standard InChI is InChI=1S/C14H25BrN4/c1-4-12-14(15)13(18(3)17-12)10-19-7-5-11(6-8-19)9-16-2/h11,16H,4-10H2,1-3H3. The van der Waals surface area contributed by atoms with E-state index in [0.29, 0.717) is 0 Å². The van der Waals surface area contributed by atoms with E-state index in [0.717, 1.165) is 25.4 Å². The van der Waals surface area contributed by atoms with Crippen LogP contribution >= 0.6 is 15.9 Å². The third kappa shape index (κ3) is 3.58. The number of hydrogen-bond acceptors (Lipinski definition) is 3. The van der Waals surface area contributed by atoms with Crippen molar-refractivity contribution in [2.45, 2.75) is 32.7 Å². The van der Waals surface area contributed by atoms with E-state index in [1.807, 2.05) is 18.8 Å². The van der Waals surface area contributed by atoms with Crippen molar-refractivity contribution in [3.05, 3.63) is 15.9 Å². The second-order valence-electron chi connectivity index (χ2n) is 5.46. The van der Waals surface area contributed by atoms with Crippen LogP contribution < -0.4 is 5.32 Å². The number of nitrogens with zero attached hydrogens (tertiary/aromatic N) is 3. The Morgan fingerprint density at radius 3 is 2.58 bits per heavy atom. The predicted molar refractivity (Wildman–Crippen MR) is 82.2 cm³/mol. The lowest BCUT2D eigenvalue weighted by Crippen LogP contribution is -2.36. The zero-order chi connectivity index (χ0) is 13.8. The topological polar surface area (TPSA) is 33.1 Å². The quantitative estimate of drug-likeness (QED) is 0.899. The Labute approximate surface area is 124 Å². The lowest BCUT2D eigenvalue weighted by Gasteiger charge is -2.31. The fourth-order valence-corrected chi connectivity index (χ4v) is 3.58. The predicted octanol–water partition coefficient (Wildman–Crippen LogP) is 2.18. The molecule has 1 aliphatic rings. The summed E-state index contributed by atoms with van der Waals surface area (Å²) in [7, 11) is 4.10. The first-order valence-corrected chi connectivity index (χ1v) is 8.02. The van der Waals surface area contributed by atoms with Gasteiger partial charge < -0.3 is 5.32 Å². The van der Waals surface area contributed by atoms with Gasteiger partial charge in [0.25, 0.3) is 0 Å². The third-order valence-corrected chi connectivity index (χ3v) is 4.99. The molecular weight excluding hydrogens is 304 g/mol. The average Bonchev–Trinajstić information content (AvgIpc) is 2.68. The van der Waals surface area contributed by atoms with Gasteiger partial charge in [-0.2, -0.15) is 5.10 Å². The van der Waals surface area contributed by atoms with Gasteiger partial charge in [-0.3, -0.25) is 9.58 Å². The van der Waals surface area contributed by atoms with E-state index in [1.54, 1.807) is 0 Å². The first kappa shape index (κ1) is 15.0. The maximum atomic E-state index is 4.57. The zero-order valence-electron chi connectivity index (χ0n) is 12.2. The van der Waals surface area contributed by atoms with Crippen LogP contribution in [0.4, 0.5) is 0 Å². The normalized spacial score (nSPS) is 18.1. The first-order valence-electron chi connectivity index (χ1n) is 7.22. The molecule has 108 valence electrons. The lowest BCUT2D eigenvalue weighted by atomic mass is 9.97. The van der Waals surface area contributed by atoms with Crippen LogP contribution in [-0.4, -0.2) is 41.4 Å². The lowest BCUT2D eigenvalue weighted by molar-refractivity contribution is 0.173. The van der Waals surface area contributed by atoms with Gasteiger partial charge in [-0.25, -0.2) is 0 Å². The summed E-state index contributed by atoms with van der Waals surface area (Å²) in [6.45, 7) is 6.72. The molecule has 0 atom stereocenters. The van der Waals surface area contributed by atoms with E-state index >= 15 is 0 Å². The third-order valence-electron chi connectivity index (χ3n) is 4.08. The van der Waals surface area contributed by atoms with Crippen molar-refractivity contribution >= 4 is 15.9 Å². The molecule has 5 heteroatoms. The van der Waals surface area contributed by atoms with Crippen LogP contribution in [0.15, 0.2) is 4.47 Å². The van der Waals surface area contributed by atoms with E-state index in [-0.39, 0.29) is 0 Å². The first-order chi connectivity index (χ1) is 9.15. The SMILES string of the molecule is CCc1nn(C)c(CN2CCC(CNC)CC2)c1Br. The summed E-state index contributed by atoms with van der Waals surface area (Å²) in [6, 6.07) is 0. The number of nitrogens with one attached hydrogen (secondary N) is 1. The van der Waals surface area contributed by atoms with E-state index in [9.17, 15) is 0 Å². The summed E-state index contributed by atoms with van der Waals surface area (Å²) in [5.41, 5.74) is 2.48. The highest BCUT2D eigenvalue weighted by molar-refractivity contribution is 9.10. The molecule has 2 heterocycles. The molecule has 1 N–H and O–H groups in total. The Bertz CT molecular complexity index is 408. The number of hydrogen-bond donors (Lipinski definition) is 1. The van der Waals surface area contributed by atoms with Crippen LogP contribution in [0.2, 0.25) is 0 Å². The molecular formula is C14H25BrN4. The van der Waals surface area contributed by atoms with Gasteiger partial charge in [-0.1, -0.05) is 6.92 Å². The minimum atomic E-state index is 0.849.